The first-order valence-corrected chi connectivity index (χ1v) is 5.01. The maximum absolute atomic E-state index is 11.0. The van der Waals surface area contributed by atoms with Crippen LogP contribution in [0, 0.1) is 0 Å². The average Bonchev–Trinajstić information content (AvgIpc) is 2.21. The van der Waals surface area contributed by atoms with E-state index in [1.54, 1.807) is 6.92 Å². The van der Waals surface area contributed by atoms with E-state index in [2.05, 4.69) is 0 Å². The third-order valence-corrected chi connectivity index (χ3v) is 2.09. The summed E-state index contributed by atoms with van der Waals surface area (Å²) >= 11 is 0. The third-order valence-electron chi connectivity index (χ3n) is 2.09. The van der Waals surface area contributed by atoms with Gasteiger partial charge in [0.15, 0.2) is 5.60 Å². The van der Waals surface area contributed by atoms with Gasteiger partial charge in [-0.25, -0.2) is 4.79 Å². The largest absolute Gasteiger partial charge is 0.479 e. The Balaban J connectivity index is 3.96. The van der Waals surface area contributed by atoms with Crippen LogP contribution in [0.5, 0.6) is 0 Å². The van der Waals surface area contributed by atoms with E-state index in [-0.39, 0.29) is 6.61 Å². The second-order valence-corrected chi connectivity index (χ2v) is 3.32. The van der Waals surface area contributed by atoms with Crippen LogP contribution < -0.4 is 0 Å². The highest BCUT2D eigenvalue weighted by Crippen LogP contribution is 2.15. The van der Waals surface area contributed by atoms with Crippen molar-refractivity contribution in [2.75, 3.05) is 33.5 Å². The van der Waals surface area contributed by atoms with Gasteiger partial charge in [-0.15, -0.1) is 0 Å². The van der Waals surface area contributed by atoms with Crippen molar-refractivity contribution in [2.24, 2.45) is 0 Å². The third kappa shape index (κ3) is 5.71. The minimum absolute atomic E-state index is 0.278. The first kappa shape index (κ1) is 14.3. The molecule has 0 saturated heterocycles. The molecule has 1 N–H and O–H groups in total. The molecule has 0 aliphatic rings. The first-order chi connectivity index (χ1) is 7.06. The van der Waals surface area contributed by atoms with Gasteiger partial charge in [0, 0.05) is 26.7 Å². The van der Waals surface area contributed by atoms with Crippen molar-refractivity contribution in [2.45, 2.75) is 25.9 Å². The van der Waals surface area contributed by atoms with Gasteiger partial charge < -0.3 is 19.3 Å². The number of hydrogen-bond acceptors (Lipinski definition) is 4. The van der Waals surface area contributed by atoms with Crippen molar-refractivity contribution >= 4 is 5.97 Å². The molecule has 0 amide bonds. The summed E-state index contributed by atoms with van der Waals surface area (Å²) in [5.41, 5.74) is -1.19. The maximum atomic E-state index is 11.0. The van der Waals surface area contributed by atoms with E-state index in [4.69, 9.17) is 19.3 Å². The number of carboxylic acid groups (broad SMARTS) is 1. The number of carbonyl (C=O) groups is 1. The molecule has 0 aliphatic carbocycles. The average molecular weight is 220 g/mol. The van der Waals surface area contributed by atoms with E-state index in [1.807, 2.05) is 6.92 Å². The lowest BCUT2D eigenvalue weighted by atomic mass is 10.0. The zero-order valence-corrected chi connectivity index (χ0v) is 9.62. The molecular formula is C10H20O5. The quantitative estimate of drug-likeness (QED) is 0.585. The van der Waals surface area contributed by atoms with Gasteiger partial charge in [-0.1, -0.05) is 0 Å². The van der Waals surface area contributed by atoms with Crippen molar-refractivity contribution in [3.05, 3.63) is 0 Å². The molecule has 0 aliphatic heterocycles. The van der Waals surface area contributed by atoms with Crippen LogP contribution >= 0.6 is 0 Å². The molecule has 90 valence electrons. The van der Waals surface area contributed by atoms with Gasteiger partial charge in [0.25, 0.3) is 0 Å². The van der Waals surface area contributed by atoms with E-state index in [0.29, 0.717) is 26.2 Å². The molecule has 0 aromatic carbocycles. The molecule has 15 heavy (non-hydrogen) atoms. The Bertz CT molecular complexity index is 183. The molecule has 1 unspecified atom stereocenters. The fourth-order valence-corrected chi connectivity index (χ4v) is 1.01. The van der Waals surface area contributed by atoms with Crippen LogP contribution in [-0.4, -0.2) is 50.2 Å². The summed E-state index contributed by atoms with van der Waals surface area (Å²) in [5, 5.41) is 8.99. The van der Waals surface area contributed by atoms with Crippen molar-refractivity contribution < 1.29 is 24.1 Å². The van der Waals surface area contributed by atoms with Crippen LogP contribution in [0.1, 0.15) is 20.3 Å². The molecule has 0 spiro atoms. The number of ether oxygens (including phenoxy) is 3. The number of aliphatic carboxylic acids is 1. The molecule has 0 aromatic heterocycles. The Hall–Kier alpha value is -0.650. The first-order valence-electron chi connectivity index (χ1n) is 5.01. The minimum atomic E-state index is -1.19. The molecule has 0 aromatic rings. The Kier molecular flexibility index (Phi) is 7.29. The van der Waals surface area contributed by atoms with Crippen molar-refractivity contribution in [3.63, 3.8) is 0 Å². The monoisotopic (exact) mass is 220 g/mol. The number of hydrogen-bond donors (Lipinski definition) is 1. The predicted molar refractivity (Wildman–Crippen MR) is 55.0 cm³/mol. The minimum Gasteiger partial charge on any atom is -0.479 e. The maximum Gasteiger partial charge on any atom is 0.335 e. The predicted octanol–water partition coefficient (Wildman–Crippen LogP) is 0.919. The number of rotatable bonds is 9. The van der Waals surface area contributed by atoms with Crippen LogP contribution in [0.25, 0.3) is 0 Å². The second-order valence-electron chi connectivity index (χ2n) is 3.32. The molecule has 0 heterocycles. The van der Waals surface area contributed by atoms with Gasteiger partial charge in [0.1, 0.15) is 0 Å². The van der Waals surface area contributed by atoms with E-state index in [0.717, 1.165) is 0 Å². The molecule has 0 radical (unpaired) electrons. The lowest BCUT2D eigenvalue weighted by Gasteiger charge is -2.24. The SMILES string of the molecule is CCOCCOC(C)(CCOC)C(=O)O. The molecule has 0 rings (SSSR count). The normalized spacial score (nSPS) is 14.9. The summed E-state index contributed by atoms with van der Waals surface area (Å²) in [7, 11) is 1.53. The van der Waals surface area contributed by atoms with Crippen molar-refractivity contribution in [1.29, 1.82) is 0 Å². The van der Waals surface area contributed by atoms with Crippen LogP contribution in [0.3, 0.4) is 0 Å². The topological polar surface area (TPSA) is 65.0 Å². The summed E-state index contributed by atoms with van der Waals surface area (Å²) in [6.45, 7) is 5.07. The van der Waals surface area contributed by atoms with Crippen LogP contribution in [0.4, 0.5) is 0 Å². The highest BCUT2D eigenvalue weighted by Gasteiger charge is 2.33. The van der Waals surface area contributed by atoms with Crippen LogP contribution in [-0.2, 0) is 19.0 Å². The molecule has 5 heteroatoms. The summed E-state index contributed by atoms with van der Waals surface area (Å²) < 4.78 is 15.2. The summed E-state index contributed by atoms with van der Waals surface area (Å²) in [5.74, 6) is -0.976. The summed E-state index contributed by atoms with van der Waals surface area (Å²) in [6.07, 6.45) is 0.324. The molecule has 1 atom stereocenters. The van der Waals surface area contributed by atoms with E-state index >= 15 is 0 Å². The van der Waals surface area contributed by atoms with Gasteiger partial charge in [-0.2, -0.15) is 0 Å². The highest BCUT2D eigenvalue weighted by atomic mass is 16.6. The molecule has 0 fully saturated rings. The zero-order valence-electron chi connectivity index (χ0n) is 9.62. The Labute approximate surface area is 90.3 Å². The molecule has 0 saturated carbocycles. The van der Waals surface area contributed by atoms with Gasteiger partial charge in [0.2, 0.25) is 0 Å². The van der Waals surface area contributed by atoms with Crippen molar-refractivity contribution in [3.8, 4) is 0 Å². The number of carboxylic acids is 1. The standard InChI is InChI=1S/C10H20O5/c1-4-14-7-8-15-10(2,9(11)12)5-6-13-3/h4-8H2,1-3H3,(H,11,12). The summed E-state index contributed by atoms with van der Waals surface area (Å²) in [4.78, 5) is 11.0. The van der Waals surface area contributed by atoms with E-state index < -0.39 is 11.6 Å². The van der Waals surface area contributed by atoms with Crippen molar-refractivity contribution in [1.82, 2.24) is 0 Å². The van der Waals surface area contributed by atoms with E-state index in [1.165, 1.54) is 7.11 Å². The van der Waals surface area contributed by atoms with E-state index in [9.17, 15) is 4.79 Å². The molecule has 0 bridgehead atoms. The van der Waals surface area contributed by atoms with Crippen LogP contribution in [0.2, 0.25) is 0 Å². The smallest absolute Gasteiger partial charge is 0.335 e. The van der Waals surface area contributed by atoms with Crippen LogP contribution in [0.15, 0.2) is 0 Å². The fourth-order valence-electron chi connectivity index (χ4n) is 1.01. The van der Waals surface area contributed by atoms with Gasteiger partial charge in [-0.3, -0.25) is 0 Å². The second kappa shape index (κ2) is 7.62. The molecule has 5 nitrogen and oxygen atoms in total. The van der Waals surface area contributed by atoms with Gasteiger partial charge in [-0.05, 0) is 13.8 Å². The van der Waals surface area contributed by atoms with Gasteiger partial charge in [0.05, 0.1) is 13.2 Å². The highest BCUT2D eigenvalue weighted by molar-refractivity contribution is 5.76. The lowest BCUT2D eigenvalue weighted by molar-refractivity contribution is -0.167. The Morgan fingerprint density at radius 2 is 2.00 bits per heavy atom. The Morgan fingerprint density at radius 3 is 2.47 bits per heavy atom. The summed E-state index contributed by atoms with van der Waals surface area (Å²) in [6, 6.07) is 0. The fraction of sp³-hybridized carbons (Fsp3) is 0.900. The number of methoxy groups -OCH3 is 1. The Morgan fingerprint density at radius 1 is 1.33 bits per heavy atom. The zero-order chi connectivity index (χ0) is 11.7. The lowest BCUT2D eigenvalue weighted by Crippen LogP contribution is -2.40. The van der Waals surface area contributed by atoms with Gasteiger partial charge >= 0.3 is 5.97 Å². The molecular weight excluding hydrogens is 200 g/mol.